The predicted octanol–water partition coefficient (Wildman–Crippen LogP) is 3.68. The van der Waals surface area contributed by atoms with Crippen molar-refractivity contribution in [3.63, 3.8) is 0 Å². The molecule has 0 fully saturated rings. The van der Waals surface area contributed by atoms with Crippen LogP contribution in [0.25, 0.3) is 17.2 Å². The van der Waals surface area contributed by atoms with Crippen LogP contribution in [0.1, 0.15) is 40.3 Å². The molecule has 0 aromatic carbocycles. The fourth-order valence-corrected chi connectivity index (χ4v) is 2.72. The molecule has 0 aliphatic carbocycles. The average molecular weight is 396 g/mol. The van der Waals surface area contributed by atoms with Crippen molar-refractivity contribution in [1.29, 1.82) is 0 Å². The first kappa shape index (κ1) is 20.6. The Kier molecular flexibility index (Phi) is 5.72. The van der Waals surface area contributed by atoms with Gasteiger partial charge >= 0.3 is 0 Å². The van der Waals surface area contributed by atoms with Gasteiger partial charge in [0.05, 0.1) is 12.8 Å². The van der Waals surface area contributed by atoms with E-state index in [-0.39, 0.29) is 5.41 Å². The molecule has 0 bridgehead atoms. The van der Waals surface area contributed by atoms with Crippen molar-refractivity contribution in [2.75, 3.05) is 24.7 Å². The number of nitrogen functional groups attached to an aromatic ring is 1. The number of pyridine rings is 1. The van der Waals surface area contributed by atoms with Crippen molar-refractivity contribution >= 4 is 11.8 Å². The maximum absolute atomic E-state index is 5.89. The molecule has 3 aromatic rings. The molecular formula is C21H29N7O. The van der Waals surface area contributed by atoms with Gasteiger partial charge in [0, 0.05) is 36.1 Å². The van der Waals surface area contributed by atoms with Gasteiger partial charge in [-0.3, -0.25) is 4.57 Å². The first-order valence-electron chi connectivity index (χ1n) is 9.66. The smallest absolute Gasteiger partial charge is 0.224 e. The third-order valence-electron chi connectivity index (χ3n) is 4.39. The number of nitrogens with one attached hydrogen (secondary N) is 1. The van der Waals surface area contributed by atoms with Crippen LogP contribution < -0.4 is 15.8 Å². The number of nitrogens with zero attached hydrogens (tertiary/aromatic N) is 5. The van der Waals surface area contributed by atoms with Gasteiger partial charge in [-0.1, -0.05) is 34.6 Å². The second-order valence-electron chi connectivity index (χ2n) is 8.39. The first-order valence-corrected chi connectivity index (χ1v) is 9.66. The first-order chi connectivity index (χ1) is 13.7. The molecule has 8 heteroatoms. The summed E-state index contributed by atoms with van der Waals surface area (Å²) in [7, 11) is 1.57. The third-order valence-corrected chi connectivity index (χ3v) is 4.39. The Morgan fingerprint density at radius 1 is 1.21 bits per heavy atom. The van der Waals surface area contributed by atoms with Gasteiger partial charge in [0.1, 0.15) is 11.6 Å². The van der Waals surface area contributed by atoms with E-state index in [1.54, 1.807) is 19.5 Å². The van der Waals surface area contributed by atoms with Gasteiger partial charge in [0.2, 0.25) is 5.95 Å². The highest BCUT2D eigenvalue weighted by molar-refractivity contribution is 5.63. The van der Waals surface area contributed by atoms with Crippen molar-refractivity contribution in [3.05, 3.63) is 36.4 Å². The van der Waals surface area contributed by atoms with E-state index >= 15 is 0 Å². The van der Waals surface area contributed by atoms with Gasteiger partial charge in [0.15, 0.2) is 11.6 Å². The quantitative estimate of drug-likeness (QED) is 0.656. The summed E-state index contributed by atoms with van der Waals surface area (Å²) in [6.45, 7) is 11.5. The number of hydrogen-bond donors (Lipinski definition) is 2. The zero-order chi connectivity index (χ0) is 21.2. The van der Waals surface area contributed by atoms with Gasteiger partial charge in [-0.05, 0) is 18.1 Å². The Bertz CT molecular complexity index is 989. The summed E-state index contributed by atoms with van der Waals surface area (Å²) < 4.78 is 7.29. The molecule has 3 rings (SSSR count). The molecule has 154 valence electrons. The largest absolute Gasteiger partial charge is 0.493 e. The van der Waals surface area contributed by atoms with Gasteiger partial charge < -0.3 is 15.8 Å². The number of aromatic nitrogens is 5. The van der Waals surface area contributed by atoms with Gasteiger partial charge in [0.25, 0.3) is 0 Å². The molecule has 0 saturated heterocycles. The number of anilines is 2. The molecule has 0 atom stereocenters. The fourth-order valence-electron chi connectivity index (χ4n) is 2.72. The maximum Gasteiger partial charge on any atom is 0.224 e. The Morgan fingerprint density at radius 3 is 2.62 bits per heavy atom. The lowest BCUT2D eigenvalue weighted by Gasteiger charge is -2.14. The van der Waals surface area contributed by atoms with Crippen LogP contribution in [-0.2, 0) is 5.41 Å². The second kappa shape index (κ2) is 8.06. The summed E-state index contributed by atoms with van der Waals surface area (Å²) in [6.07, 6.45) is 5.45. The van der Waals surface area contributed by atoms with Crippen LogP contribution in [0.15, 0.2) is 30.7 Å². The van der Waals surface area contributed by atoms with Gasteiger partial charge in [-0.25, -0.2) is 15.0 Å². The highest BCUT2D eigenvalue weighted by Crippen LogP contribution is 2.31. The van der Waals surface area contributed by atoms with Crippen LogP contribution in [0.3, 0.4) is 0 Å². The molecule has 29 heavy (non-hydrogen) atoms. The molecule has 0 unspecified atom stereocenters. The van der Waals surface area contributed by atoms with Crippen LogP contribution in [0.5, 0.6) is 5.75 Å². The Hall–Kier alpha value is -3.16. The van der Waals surface area contributed by atoms with Crippen LogP contribution in [0, 0.1) is 5.92 Å². The third kappa shape index (κ3) is 4.64. The molecular weight excluding hydrogens is 366 g/mol. The molecule has 3 N–H and O–H groups in total. The zero-order valence-corrected chi connectivity index (χ0v) is 17.9. The Morgan fingerprint density at radius 2 is 1.97 bits per heavy atom. The molecule has 3 aromatic heterocycles. The predicted molar refractivity (Wildman–Crippen MR) is 115 cm³/mol. The van der Waals surface area contributed by atoms with Crippen LogP contribution in [0.2, 0.25) is 0 Å². The number of rotatable bonds is 6. The molecule has 0 spiro atoms. The molecule has 0 amide bonds. The maximum atomic E-state index is 5.89. The number of imidazole rings is 1. The molecule has 0 radical (unpaired) electrons. The molecule has 3 heterocycles. The van der Waals surface area contributed by atoms with Gasteiger partial charge in [-0.2, -0.15) is 4.98 Å². The van der Waals surface area contributed by atoms with Crippen LogP contribution in [0.4, 0.5) is 11.8 Å². The fraction of sp³-hybridized carbons (Fsp3) is 0.429. The minimum Gasteiger partial charge on any atom is -0.493 e. The lowest BCUT2D eigenvalue weighted by molar-refractivity contribution is 0.415. The minimum atomic E-state index is -0.128. The van der Waals surface area contributed by atoms with Gasteiger partial charge in [-0.15, -0.1) is 0 Å². The summed E-state index contributed by atoms with van der Waals surface area (Å²) in [5, 5.41) is 3.27. The molecule has 0 saturated carbocycles. The summed E-state index contributed by atoms with van der Waals surface area (Å²) in [4.78, 5) is 18.1. The number of methoxy groups -OCH3 is 1. The van der Waals surface area contributed by atoms with E-state index in [0.29, 0.717) is 29.3 Å². The number of nitrogens with two attached hydrogens (primary N) is 1. The Balaban J connectivity index is 2.11. The van der Waals surface area contributed by atoms with Crippen molar-refractivity contribution in [3.8, 4) is 23.0 Å². The van der Waals surface area contributed by atoms with E-state index in [9.17, 15) is 0 Å². The van der Waals surface area contributed by atoms with Crippen molar-refractivity contribution in [2.24, 2.45) is 5.92 Å². The summed E-state index contributed by atoms with van der Waals surface area (Å²) in [6, 6.07) is 3.70. The monoisotopic (exact) mass is 395 g/mol. The molecule has 8 nitrogen and oxygen atoms in total. The molecule has 0 aliphatic rings. The van der Waals surface area contributed by atoms with Crippen molar-refractivity contribution in [1.82, 2.24) is 24.5 Å². The lowest BCUT2D eigenvalue weighted by Crippen LogP contribution is -2.12. The van der Waals surface area contributed by atoms with Crippen LogP contribution in [-0.4, -0.2) is 38.2 Å². The Labute approximate surface area is 171 Å². The standard InChI is InChI=1S/C21H29N7O/c1-13(2)10-25-20-23-8-7-17(27-20)28-12-16(21(3,4)5)26-19(28)14-9-15(29-6)18(22)24-11-14/h7-9,11-13H,10H2,1-6H3,(H2,22,24)(H,23,25,27). The van der Waals surface area contributed by atoms with E-state index in [4.69, 9.17) is 15.5 Å². The number of hydrogen-bond acceptors (Lipinski definition) is 7. The van der Waals surface area contributed by atoms with Crippen molar-refractivity contribution < 1.29 is 4.74 Å². The SMILES string of the molecule is COc1cc(-c2nc(C(C)(C)C)cn2-c2ccnc(NCC(C)C)n2)cnc1N. The van der Waals surface area contributed by atoms with Crippen LogP contribution >= 0.6 is 0 Å². The summed E-state index contributed by atoms with van der Waals surface area (Å²) >= 11 is 0. The normalized spacial score (nSPS) is 11.7. The van der Waals surface area contributed by atoms with E-state index in [1.165, 1.54) is 0 Å². The van der Waals surface area contributed by atoms with Crippen molar-refractivity contribution in [2.45, 2.75) is 40.0 Å². The minimum absolute atomic E-state index is 0.128. The topological polar surface area (TPSA) is 104 Å². The average Bonchev–Trinajstić information content (AvgIpc) is 3.13. The van der Waals surface area contributed by atoms with E-state index < -0.39 is 0 Å². The van der Waals surface area contributed by atoms with E-state index in [1.807, 2.05) is 22.9 Å². The summed E-state index contributed by atoms with van der Waals surface area (Å²) in [5.41, 5.74) is 7.50. The second-order valence-corrected chi connectivity index (χ2v) is 8.39. The molecule has 0 aliphatic heterocycles. The summed E-state index contributed by atoms with van der Waals surface area (Å²) in [5.74, 6) is 3.37. The highest BCUT2D eigenvalue weighted by Gasteiger charge is 2.22. The number of ether oxygens (including phenoxy) is 1. The van der Waals surface area contributed by atoms with E-state index in [2.05, 4.69) is 54.9 Å². The lowest BCUT2D eigenvalue weighted by atomic mass is 9.93. The van der Waals surface area contributed by atoms with E-state index in [0.717, 1.165) is 23.6 Å². The zero-order valence-electron chi connectivity index (χ0n) is 17.9. The highest BCUT2D eigenvalue weighted by atomic mass is 16.5.